The van der Waals surface area contributed by atoms with Gasteiger partial charge in [-0.25, -0.2) is 0 Å². The summed E-state index contributed by atoms with van der Waals surface area (Å²) in [6.45, 7) is 0. The van der Waals surface area contributed by atoms with Crippen molar-refractivity contribution in [2.75, 3.05) is 19.4 Å². The van der Waals surface area contributed by atoms with Crippen LogP contribution in [0, 0.1) is 0 Å². The van der Waals surface area contributed by atoms with Crippen LogP contribution in [0.4, 0.5) is 18.9 Å². The summed E-state index contributed by atoms with van der Waals surface area (Å²) in [7, 11) is 3.57. The lowest BCUT2D eigenvalue weighted by molar-refractivity contribution is -0.274. The summed E-state index contributed by atoms with van der Waals surface area (Å²) in [4.78, 5) is 12.9. The lowest BCUT2D eigenvalue weighted by Crippen LogP contribution is -2.20. The highest BCUT2D eigenvalue weighted by molar-refractivity contribution is 7.97. The van der Waals surface area contributed by atoms with Gasteiger partial charge in [0, 0.05) is 4.90 Å². The minimum absolute atomic E-state index is 0.0794. The minimum atomic E-state index is -4.88. The molecular weight excluding hydrogens is 424 g/mol. The summed E-state index contributed by atoms with van der Waals surface area (Å²) >= 11 is 13.0. The molecule has 0 aliphatic heterocycles. The molecule has 0 unspecified atom stereocenters. The molecule has 0 heterocycles. The van der Waals surface area contributed by atoms with E-state index in [9.17, 15) is 18.0 Å². The molecule has 1 amide bonds. The van der Waals surface area contributed by atoms with E-state index in [-0.39, 0.29) is 17.1 Å². The van der Waals surface area contributed by atoms with Crippen LogP contribution in [0.25, 0.3) is 0 Å². The Labute approximate surface area is 168 Å². The highest BCUT2D eigenvalue weighted by atomic mass is 35.5. The van der Waals surface area contributed by atoms with Crippen LogP contribution in [0.15, 0.2) is 41.3 Å². The lowest BCUT2D eigenvalue weighted by atomic mass is 10.1. The number of hydrogen-bond donors (Lipinski definition) is 1. The van der Waals surface area contributed by atoms with Crippen molar-refractivity contribution in [1.29, 1.82) is 0 Å². The second kappa shape index (κ2) is 9.05. The molecule has 2 rings (SSSR count). The Bertz CT molecular complexity index is 832. The van der Waals surface area contributed by atoms with Gasteiger partial charge in [0.05, 0.1) is 22.2 Å². The molecule has 10 heteroatoms. The lowest BCUT2D eigenvalue weighted by Gasteiger charge is -2.16. The summed E-state index contributed by atoms with van der Waals surface area (Å²) in [5.74, 6) is -1.01. The largest absolute Gasteiger partial charge is 0.573 e. The van der Waals surface area contributed by atoms with E-state index < -0.39 is 18.0 Å². The van der Waals surface area contributed by atoms with Crippen molar-refractivity contribution in [1.82, 2.24) is 4.31 Å². The Balaban J connectivity index is 2.22. The van der Waals surface area contributed by atoms with Gasteiger partial charge in [-0.2, -0.15) is 0 Å². The van der Waals surface area contributed by atoms with Crippen molar-refractivity contribution in [3.8, 4) is 5.75 Å². The van der Waals surface area contributed by atoms with Gasteiger partial charge in [-0.15, -0.1) is 13.2 Å². The number of benzene rings is 2. The molecule has 2 aromatic carbocycles. The Morgan fingerprint density at radius 3 is 2.44 bits per heavy atom. The molecule has 0 aromatic heterocycles. The second-order valence-corrected chi connectivity index (χ2v) is 7.78. The zero-order valence-corrected chi connectivity index (χ0v) is 16.6. The van der Waals surface area contributed by atoms with Crippen LogP contribution in [-0.4, -0.2) is 30.7 Å². The maximum Gasteiger partial charge on any atom is 0.573 e. The molecule has 146 valence electrons. The number of nitrogens with one attached hydrogen (secondary N) is 1. The number of alkyl halides is 3. The van der Waals surface area contributed by atoms with Crippen molar-refractivity contribution in [2.45, 2.75) is 17.7 Å². The fraction of sp³-hybridized carbons (Fsp3) is 0.235. The first-order valence-corrected chi connectivity index (χ1v) is 9.05. The van der Waals surface area contributed by atoms with Crippen molar-refractivity contribution >= 4 is 46.7 Å². The summed E-state index contributed by atoms with van der Waals surface area (Å²) in [6.07, 6.45) is -4.97. The van der Waals surface area contributed by atoms with Crippen molar-refractivity contribution in [2.24, 2.45) is 0 Å². The van der Waals surface area contributed by atoms with Gasteiger partial charge in [0.2, 0.25) is 5.91 Å². The third-order valence-corrected chi connectivity index (χ3v) is 4.66. The average Bonchev–Trinajstić information content (AvgIpc) is 2.51. The zero-order chi connectivity index (χ0) is 20.2. The number of amides is 1. The number of anilines is 1. The number of carbonyl (C=O) groups is 1. The molecule has 0 saturated heterocycles. The second-order valence-electron chi connectivity index (χ2n) is 5.58. The number of ether oxygens (including phenoxy) is 1. The molecule has 27 heavy (non-hydrogen) atoms. The quantitative estimate of drug-likeness (QED) is 0.592. The molecule has 1 N–H and O–H groups in total. The van der Waals surface area contributed by atoms with E-state index in [1.165, 1.54) is 30.1 Å². The van der Waals surface area contributed by atoms with Crippen molar-refractivity contribution in [3.63, 3.8) is 0 Å². The van der Waals surface area contributed by atoms with E-state index in [1.807, 2.05) is 0 Å². The van der Waals surface area contributed by atoms with Crippen LogP contribution in [0.2, 0.25) is 10.0 Å². The van der Waals surface area contributed by atoms with Crippen LogP contribution in [0.1, 0.15) is 5.56 Å². The van der Waals surface area contributed by atoms with E-state index >= 15 is 0 Å². The first kappa shape index (κ1) is 21.7. The fourth-order valence-corrected chi connectivity index (χ4v) is 3.16. The predicted molar refractivity (Wildman–Crippen MR) is 101 cm³/mol. The summed E-state index contributed by atoms with van der Waals surface area (Å²) in [5.41, 5.74) is 0.489. The van der Waals surface area contributed by atoms with E-state index in [0.29, 0.717) is 15.5 Å². The number of rotatable bonds is 6. The first-order chi connectivity index (χ1) is 12.5. The van der Waals surface area contributed by atoms with Gasteiger partial charge < -0.3 is 10.1 Å². The Morgan fingerprint density at radius 2 is 1.85 bits per heavy atom. The van der Waals surface area contributed by atoms with Crippen LogP contribution in [0.5, 0.6) is 5.75 Å². The number of hydrogen-bond acceptors (Lipinski definition) is 4. The topological polar surface area (TPSA) is 41.6 Å². The normalized spacial score (nSPS) is 11.6. The molecule has 0 spiro atoms. The zero-order valence-electron chi connectivity index (χ0n) is 14.2. The SMILES string of the molecule is CN(C)Sc1ccc(OC(F)(F)F)c(NC(=O)Cc2ccc(Cl)c(Cl)c2)c1. The molecule has 0 radical (unpaired) electrons. The molecule has 0 atom stereocenters. The van der Waals surface area contributed by atoms with Crippen LogP contribution < -0.4 is 10.1 Å². The third kappa shape index (κ3) is 7.14. The third-order valence-electron chi connectivity index (χ3n) is 3.09. The molecule has 4 nitrogen and oxygen atoms in total. The van der Waals surface area contributed by atoms with Crippen LogP contribution in [0.3, 0.4) is 0 Å². The number of halogens is 5. The van der Waals surface area contributed by atoms with Gasteiger partial charge in [-0.1, -0.05) is 29.3 Å². The minimum Gasteiger partial charge on any atom is -0.404 e. The van der Waals surface area contributed by atoms with Gasteiger partial charge in [-0.05, 0) is 61.9 Å². The standard InChI is InChI=1S/C17H15Cl2F3N2O2S/c1-24(2)27-11-4-6-15(26-17(20,21)22)14(9-11)23-16(25)8-10-3-5-12(18)13(19)7-10/h3-7,9H,8H2,1-2H3,(H,23,25). The molecule has 0 fully saturated rings. The van der Waals surface area contributed by atoms with Crippen LogP contribution in [-0.2, 0) is 11.2 Å². The first-order valence-electron chi connectivity index (χ1n) is 7.52. The Morgan fingerprint density at radius 1 is 1.15 bits per heavy atom. The fourth-order valence-electron chi connectivity index (χ4n) is 2.12. The summed E-state index contributed by atoms with van der Waals surface area (Å²) in [6, 6.07) is 8.72. The highest BCUT2D eigenvalue weighted by Gasteiger charge is 2.32. The summed E-state index contributed by atoms with van der Waals surface area (Å²) in [5, 5.41) is 3.08. The Kier molecular flexibility index (Phi) is 7.27. The molecule has 2 aromatic rings. The molecule has 0 bridgehead atoms. The van der Waals surface area contributed by atoms with Crippen molar-refractivity contribution < 1.29 is 22.7 Å². The van der Waals surface area contributed by atoms with Gasteiger partial charge in [0.25, 0.3) is 0 Å². The van der Waals surface area contributed by atoms with E-state index in [2.05, 4.69) is 10.1 Å². The van der Waals surface area contributed by atoms with E-state index in [4.69, 9.17) is 23.2 Å². The average molecular weight is 439 g/mol. The summed E-state index contributed by atoms with van der Waals surface area (Å²) < 4.78 is 43.6. The smallest absolute Gasteiger partial charge is 0.404 e. The van der Waals surface area contributed by atoms with E-state index in [0.717, 1.165) is 6.07 Å². The molecule has 0 aliphatic carbocycles. The highest BCUT2D eigenvalue weighted by Crippen LogP contribution is 2.34. The maximum absolute atomic E-state index is 12.6. The molecule has 0 aliphatic rings. The van der Waals surface area contributed by atoms with Gasteiger partial charge in [-0.3, -0.25) is 9.10 Å². The monoisotopic (exact) mass is 438 g/mol. The van der Waals surface area contributed by atoms with Crippen molar-refractivity contribution in [3.05, 3.63) is 52.0 Å². The maximum atomic E-state index is 12.6. The van der Waals surface area contributed by atoms with E-state index in [1.54, 1.807) is 30.5 Å². The molecule has 0 saturated carbocycles. The molecular formula is C17H15Cl2F3N2O2S. The van der Waals surface area contributed by atoms with Gasteiger partial charge in [0.1, 0.15) is 0 Å². The Hall–Kier alpha value is -1.61. The number of carbonyl (C=O) groups excluding carboxylic acids is 1. The van der Waals surface area contributed by atoms with Gasteiger partial charge >= 0.3 is 6.36 Å². The van der Waals surface area contributed by atoms with Gasteiger partial charge in [0.15, 0.2) is 5.75 Å². The van der Waals surface area contributed by atoms with Crippen LogP contribution >= 0.6 is 35.1 Å². The number of nitrogens with zero attached hydrogens (tertiary/aromatic N) is 1. The predicted octanol–water partition coefficient (Wildman–Crippen LogP) is 5.64.